The molecule has 6 aliphatic rings. The third kappa shape index (κ3) is 22.3. The minimum absolute atomic E-state index is 0.0214. The molecule has 60 heteroatoms. The summed E-state index contributed by atoms with van der Waals surface area (Å²) in [5.74, 6) is -7.21. The number of nitrogens with two attached hydrogens (primary N) is 6. The molecule has 9 aromatic rings. The van der Waals surface area contributed by atoms with Gasteiger partial charge in [-0.05, 0) is 76.5 Å². The molecule has 0 bridgehead atoms. The van der Waals surface area contributed by atoms with E-state index in [0.29, 0.717) is 88.7 Å². The van der Waals surface area contributed by atoms with Crippen molar-refractivity contribution in [1.82, 2.24) is 45.5 Å². The van der Waals surface area contributed by atoms with Crippen LogP contribution in [0.2, 0.25) is 31.6 Å². The summed E-state index contributed by atoms with van der Waals surface area (Å²) in [6, 6.07) is 1.70. The van der Waals surface area contributed by atoms with Gasteiger partial charge in [0.1, 0.15) is 96.2 Å². The number of carboxylic acid groups (broad SMARTS) is 5. The monoisotopic (exact) mass is 1890 g/mol. The molecule has 10 atom stereocenters. The van der Waals surface area contributed by atoms with Crippen LogP contribution in [0.5, 0.6) is 0 Å². The SMILES string of the molecule is NC1CC(Nc2c(N3C[C@H](CCCB(O)O)[C@](N)(C(=O)O)C3)c(=O)c2=O)C1.N[C@@]1(C(=O)O)CN(c2c(Nc3ccn[nH]3)c(=O)c2=O)C[C@@H]1CCCB(O)O.N[C@@]1(C(=O)O)CN(c2c(Nc3cn[nH]n3)c(=O)c2=O)C[C@@H]1CCCB(O)O.N[C@@]1(C(=O)O)CN(c2c(Nc3cnc[nH]3)c(=O)c2=O)C[C@@H]1CCCB(O)O.N[C@@]1(C(=O)O)CN(c2c(Nc3ncc[nH]3)c(=O)c2=O)C[C@@H]1CCCB(O)O. The maximum atomic E-state index is 12.1. The van der Waals surface area contributed by atoms with Crippen LogP contribution in [0.4, 0.5) is 80.3 Å². The number of rotatable bonds is 40. The normalized spacial score (nSPS) is 23.9. The Morgan fingerprint density at radius 1 is 0.400 bits per heavy atom. The van der Waals surface area contributed by atoms with E-state index in [2.05, 4.69) is 72.1 Å². The zero-order chi connectivity index (χ0) is 99.0. The van der Waals surface area contributed by atoms with Crippen molar-refractivity contribution in [3.05, 3.63) is 146 Å². The minimum atomic E-state index is -1.62. The summed E-state index contributed by atoms with van der Waals surface area (Å²) >= 11 is 0. The van der Waals surface area contributed by atoms with Gasteiger partial charge in [0.2, 0.25) is 5.95 Å². The first-order valence-electron chi connectivity index (χ1n) is 42.8. The highest BCUT2D eigenvalue weighted by Gasteiger charge is 2.57. The molecule has 5 aromatic carbocycles. The Labute approximate surface area is 762 Å². The Kier molecular flexibility index (Phi) is 32.3. The second-order valence-corrected chi connectivity index (χ2v) is 34.9. The number of aliphatic carboxylic acids is 5. The molecular formula is C75H104B5N25O30. The van der Waals surface area contributed by atoms with E-state index in [9.17, 15) is 97.5 Å². The molecule has 55 nitrogen and oxygen atoms in total. The molecule has 1 aliphatic carbocycles. The smallest absolute Gasteiger partial charge is 0.451 e. The molecule has 0 amide bonds. The van der Waals surface area contributed by atoms with Crippen LogP contribution < -0.4 is 140 Å². The van der Waals surface area contributed by atoms with Crippen molar-refractivity contribution in [2.75, 3.05) is 117 Å². The first-order chi connectivity index (χ1) is 63.6. The highest BCUT2D eigenvalue weighted by molar-refractivity contribution is 6.42. The average Bonchev–Trinajstić information content (AvgIpc) is 1.64. The Bertz CT molecular complexity index is 5440. The van der Waals surface area contributed by atoms with Crippen LogP contribution in [-0.4, -0.2) is 292 Å². The van der Waals surface area contributed by atoms with Gasteiger partial charge in [0.15, 0.2) is 5.82 Å². The molecular weight excluding hydrogens is 1790 g/mol. The number of carbonyl (C=O) groups is 5. The summed E-state index contributed by atoms with van der Waals surface area (Å²) < 4.78 is 0. The van der Waals surface area contributed by atoms with Crippen molar-refractivity contribution in [2.24, 2.45) is 64.0 Å². The Morgan fingerprint density at radius 3 is 0.978 bits per heavy atom. The molecule has 5 aliphatic heterocycles. The quantitative estimate of drug-likeness (QED) is 0.0125. The van der Waals surface area contributed by atoms with E-state index in [1.807, 2.05) is 0 Å². The van der Waals surface area contributed by atoms with Crippen molar-refractivity contribution in [3.8, 4) is 0 Å². The van der Waals surface area contributed by atoms with Crippen LogP contribution in [0.1, 0.15) is 77.0 Å². The van der Waals surface area contributed by atoms with Crippen LogP contribution in [0.3, 0.4) is 0 Å². The van der Waals surface area contributed by atoms with Gasteiger partial charge in [-0.3, -0.25) is 77.0 Å². The first-order valence-corrected chi connectivity index (χ1v) is 42.8. The van der Waals surface area contributed by atoms with Crippen LogP contribution in [-0.2, 0) is 24.0 Å². The minimum Gasteiger partial charge on any atom is -0.480 e. The fraction of sp³-hybridized carbons (Fsp3) is 0.520. The van der Waals surface area contributed by atoms with E-state index in [-0.39, 0.29) is 178 Å². The largest absolute Gasteiger partial charge is 0.480 e. The summed E-state index contributed by atoms with van der Waals surface area (Å²) in [4.78, 5) is 200. The number of H-pyrrole nitrogens is 4. The van der Waals surface area contributed by atoms with E-state index < -0.39 is 177 Å². The molecule has 135 heavy (non-hydrogen) atoms. The number of imidazole rings is 2. The van der Waals surface area contributed by atoms with Gasteiger partial charge < -0.3 is 171 Å². The van der Waals surface area contributed by atoms with Crippen LogP contribution in [0.25, 0.3) is 0 Å². The summed E-state index contributed by atoms with van der Waals surface area (Å²) in [7, 11) is -7.36. The number of hydrogen-bond acceptors (Lipinski definition) is 46. The van der Waals surface area contributed by atoms with Gasteiger partial charge in [-0.1, -0.05) is 32.1 Å². The lowest BCUT2D eigenvalue weighted by Crippen LogP contribution is -2.55. The van der Waals surface area contributed by atoms with Crippen LogP contribution >= 0.6 is 0 Å². The molecule has 36 N–H and O–H groups in total. The highest BCUT2D eigenvalue weighted by atomic mass is 16.4. The molecule has 0 spiro atoms. The van der Waals surface area contributed by atoms with E-state index in [1.165, 1.54) is 50.7 Å². The van der Waals surface area contributed by atoms with Crippen molar-refractivity contribution in [2.45, 2.75) is 148 Å². The molecule has 0 unspecified atom stereocenters. The summed E-state index contributed by atoms with van der Waals surface area (Å²) in [6.07, 6.45) is 14.2. The number of aromatic amines is 4. The lowest BCUT2D eigenvalue weighted by Gasteiger charge is -2.35. The van der Waals surface area contributed by atoms with Gasteiger partial charge in [-0.2, -0.15) is 15.4 Å². The number of aromatic nitrogens is 9. The van der Waals surface area contributed by atoms with Gasteiger partial charge >= 0.3 is 65.4 Å². The second kappa shape index (κ2) is 42.4. The Hall–Kier alpha value is -12.8. The predicted molar refractivity (Wildman–Crippen MR) is 489 cm³/mol. The standard InChI is InChI=1S/C16H25BN4O6.3C15H20BN5O6.C14H19BN6O6/c18-9-4-10(5-9)20-11-12(14(23)13(11)22)21-6-8(2-1-3-17(26)27)16(19,7-21)15(24)25;17-15(14(24)25)7-21(6-8(15)2-1-4-16(26)27)11-10(12(22)13(11)23)19-9-3-5-18-20-9;17-15(14(24)25)6-21(5-8(15)2-1-3-16(26)27)11-10(12(22)13(11)23)20-9-4-18-7-19-9;17-15(13(24)25)7-21(6-8(15)2-1-3-16(26)27)10-9(11(22)12(10)23)20-14-18-4-5-19-14;16-14(13(24)25)6-21(5-7(14)2-1-3-15(26)27)10-9(11(22)12(10)23)18-8-4-17-20-19-8/h8-10,20,26-27H,1-7,18-19H2,(H,24,25);3,5,8,26-27H,1-2,4,6-7,17H2,(H,24,25)(H2,18,19,20);4,7-8,20,26-27H,1-3,5-6,17H2,(H,18,19)(H,24,25);4-5,8,26-27H,1-3,6-7,17H2,(H,24,25)(H2,18,19,20);4,7,26-27H,1-3,5-6,16H2,(H,24,25)(H2,17,18,19,20)/t8-,9?,10?,16-;3*8-,15-;7-,14-/m00000/s1. The average molecular weight is 1890 g/mol. The zero-order valence-corrected chi connectivity index (χ0v) is 72.3. The Balaban J connectivity index is 0.000000162. The molecule has 724 valence electrons. The van der Waals surface area contributed by atoms with Gasteiger partial charge in [-0.15, -0.1) is 5.10 Å². The van der Waals surface area contributed by atoms with Crippen LogP contribution in [0.15, 0.2) is 91.3 Å². The first kappa shape index (κ1) is 103. The number of nitrogens with zero attached hydrogens (tertiary/aromatic N) is 10. The molecule has 9 heterocycles. The summed E-state index contributed by atoms with van der Waals surface area (Å²) in [5.41, 5.74) is 22.4. The maximum Gasteiger partial charge on any atom is 0.451 e. The predicted octanol–water partition coefficient (Wildman–Crippen LogP) is -10.1. The van der Waals surface area contributed by atoms with Crippen molar-refractivity contribution in [3.63, 3.8) is 0 Å². The van der Waals surface area contributed by atoms with Gasteiger partial charge in [0.05, 0.1) is 24.9 Å². The number of carboxylic acids is 5. The molecule has 15 rings (SSSR count). The highest BCUT2D eigenvalue weighted by Crippen LogP contribution is 2.42. The summed E-state index contributed by atoms with van der Waals surface area (Å²) in [5, 5.41) is 168. The summed E-state index contributed by atoms with van der Waals surface area (Å²) in [6.45, 7) is 0.268. The van der Waals surface area contributed by atoms with E-state index in [1.54, 1.807) is 17.2 Å². The molecule has 5 saturated heterocycles. The third-order valence-corrected chi connectivity index (χ3v) is 25.6. The third-order valence-electron chi connectivity index (χ3n) is 25.6. The molecule has 1 saturated carbocycles. The van der Waals surface area contributed by atoms with Gasteiger partial charge in [-0.25, -0.2) is 9.97 Å². The molecule has 6 fully saturated rings. The lowest BCUT2D eigenvalue weighted by molar-refractivity contribution is -0.145. The van der Waals surface area contributed by atoms with Gasteiger partial charge in [0, 0.05) is 126 Å². The fourth-order valence-corrected chi connectivity index (χ4v) is 18.0. The number of anilines is 14. The van der Waals surface area contributed by atoms with Crippen LogP contribution in [0, 0.1) is 29.6 Å². The second-order valence-electron chi connectivity index (χ2n) is 34.9. The van der Waals surface area contributed by atoms with Gasteiger partial charge in [0.25, 0.3) is 54.3 Å². The fourth-order valence-electron chi connectivity index (χ4n) is 18.0. The topological polar surface area (TPSA) is 920 Å². The van der Waals surface area contributed by atoms with E-state index in [4.69, 9.17) is 84.6 Å². The number of nitrogens with one attached hydrogen (secondary N) is 9. The lowest BCUT2D eigenvalue weighted by atomic mass is 9.78. The number of hydrogen-bond donors (Lipinski definition) is 30. The molecule has 4 aromatic heterocycles. The molecule has 0 radical (unpaired) electrons. The maximum absolute atomic E-state index is 12.1. The van der Waals surface area contributed by atoms with Crippen molar-refractivity contribution in [1.29, 1.82) is 0 Å². The Morgan fingerprint density at radius 2 is 0.711 bits per heavy atom. The zero-order valence-electron chi connectivity index (χ0n) is 72.3. The van der Waals surface area contributed by atoms with Crippen molar-refractivity contribution >= 4 is 146 Å². The van der Waals surface area contributed by atoms with E-state index >= 15 is 0 Å². The van der Waals surface area contributed by atoms with E-state index in [0.717, 1.165) is 0 Å². The van der Waals surface area contributed by atoms with Crippen molar-refractivity contribution < 1.29 is 99.7 Å².